The Balaban J connectivity index is 2.01. The van der Waals surface area contributed by atoms with Crippen molar-refractivity contribution >= 4 is 17.5 Å². The Hall–Kier alpha value is -2.69. The Morgan fingerprint density at radius 2 is 1.63 bits per heavy atom. The Morgan fingerprint density at radius 3 is 2.22 bits per heavy atom. The van der Waals surface area contributed by atoms with Crippen molar-refractivity contribution in [2.45, 2.75) is 33.6 Å². The Morgan fingerprint density at radius 1 is 1.00 bits per heavy atom. The van der Waals surface area contributed by atoms with Gasteiger partial charge in [0.2, 0.25) is 5.91 Å². The number of para-hydroxylation sites is 1. The number of carbonyl (C=O) groups excluding carboxylic acids is 2. The monoisotopic (exact) mass is 370 g/mol. The summed E-state index contributed by atoms with van der Waals surface area (Å²) in [7, 11) is 0. The summed E-state index contributed by atoms with van der Waals surface area (Å²) in [6.07, 6.45) is 1.08. The highest BCUT2D eigenvalue weighted by molar-refractivity contribution is 6.06. The van der Waals surface area contributed by atoms with Crippen molar-refractivity contribution < 1.29 is 14.0 Å². The number of nitrogens with zero attached hydrogens (tertiary/aromatic N) is 1. The van der Waals surface area contributed by atoms with Crippen molar-refractivity contribution in [3.63, 3.8) is 0 Å². The maximum absolute atomic E-state index is 13.2. The molecule has 2 amide bonds. The zero-order chi connectivity index (χ0) is 19.9. The molecule has 1 N–H and O–H groups in total. The molecule has 0 fully saturated rings. The van der Waals surface area contributed by atoms with Crippen LogP contribution in [-0.2, 0) is 4.79 Å². The van der Waals surface area contributed by atoms with E-state index in [9.17, 15) is 14.0 Å². The van der Waals surface area contributed by atoms with Gasteiger partial charge in [-0.3, -0.25) is 9.59 Å². The minimum Gasteiger partial charge on any atom is -0.356 e. The number of amides is 2. The molecule has 5 heteroatoms. The molecular weight excluding hydrogens is 343 g/mol. The number of nitrogens with one attached hydrogen (secondary N) is 1. The standard InChI is InChI=1S/C22H27FN2O2/c1-22(2,3)16-20(26)24-14-7-15-25(19-8-5-4-6-9-19)21(27)17-10-12-18(23)13-11-17/h4-6,8-13H,7,14-16H2,1-3H3,(H,24,26). The van der Waals surface area contributed by atoms with Gasteiger partial charge < -0.3 is 10.2 Å². The fraction of sp³-hybridized carbons (Fsp3) is 0.364. The van der Waals surface area contributed by atoms with Gasteiger partial charge in [0.15, 0.2) is 0 Å². The van der Waals surface area contributed by atoms with E-state index in [0.29, 0.717) is 31.5 Å². The van der Waals surface area contributed by atoms with E-state index in [1.165, 1.54) is 24.3 Å². The van der Waals surface area contributed by atoms with Crippen molar-refractivity contribution in [1.29, 1.82) is 0 Å². The van der Waals surface area contributed by atoms with Gasteiger partial charge in [-0.2, -0.15) is 0 Å². The third-order valence-corrected chi connectivity index (χ3v) is 3.98. The molecule has 2 aromatic rings. The number of hydrogen-bond donors (Lipinski definition) is 1. The topological polar surface area (TPSA) is 49.4 Å². The summed E-state index contributed by atoms with van der Waals surface area (Å²) in [6.45, 7) is 7.01. The predicted octanol–water partition coefficient (Wildman–Crippen LogP) is 4.42. The third-order valence-electron chi connectivity index (χ3n) is 3.98. The average Bonchev–Trinajstić information content (AvgIpc) is 2.61. The first kappa shape index (κ1) is 20.6. The maximum Gasteiger partial charge on any atom is 0.258 e. The van der Waals surface area contributed by atoms with Crippen LogP contribution in [0.2, 0.25) is 0 Å². The fourth-order valence-corrected chi connectivity index (χ4v) is 2.71. The Kier molecular flexibility index (Phi) is 7.11. The molecule has 4 nitrogen and oxygen atoms in total. The number of hydrogen-bond acceptors (Lipinski definition) is 2. The molecule has 0 aliphatic heterocycles. The van der Waals surface area contributed by atoms with Gasteiger partial charge >= 0.3 is 0 Å². The van der Waals surface area contributed by atoms with Gasteiger partial charge in [0.1, 0.15) is 5.82 Å². The second-order valence-electron chi connectivity index (χ2n) is 7.74. The summed E-state index contributed by atoms with van der Waals surface area (Å²) in [5.41, 5.74) is 1.14. The zero-order valence-corrected chi connectivity index (χ0v) is 16.2. The molecule has 2 aromatic carbocycles. The molecule has 2 rings (SSSR count). The van der Waals surface area contributed by atoms with Crippen molar-refractivity contribution in [2.24, 2.45) is 5.41 Å². The molecule has 0 radical (unpaired) electrons. The van der Waals surface area contributed by atoms with Crippen LogP contribution in [-0.4, -0.2) is 24.9 Å². The lowest BCUT2D eigenvalue weighted by Crippen LogP contribution is -2.35. The van der Waals surface area contributed by atoms with E-state index < -0.39 is 0 Å². The molecule has 0 aliphatic rings. The third kappa shape index (κ3) is 6.85. The lowest BCUT2D eigenvalue weighted by molar-refractivity contribution is -0.122. The molecule has 0 spiro atoms. The van der Waals surface area contributed by atoms with Gasteiger partial charge in [-0.25, -0.2) is 4.39 Å². The van der Waals surface area contributed by atoms with E-state index in [1.54, 1.807) is 4.90 Å². The van der Waals surface area contributed by atoms with Gasteiger partial charge in [-0.05, 0) is 48.2 Å². The van der Waals surface area contributed by atoms with Gasteiger partial charge in [-0.1, -0.05) is 39.0 Å². The van der Waals surface area contributed by atoms with E-state index in [1.807, 2.05) is 51.1 Å². The van der Waals surface area contributed by atoms with E-state index in [0.717, 1.165) is 5.69 Å². The molecular formula is C22H27FN2O2. The second-order valence-corrected chi connectivity index (χ2v) is 7.74. The van der Waals surface area contributed by atoms with Crippen LogP contribution in [0.25, 0.3) is 0 Å². The first-order chi connectivity index (χ1) is 12.8. The first-order valence-corrected chi connectivity index (χ1v) is 9.15. The highest BCUT2D eigenvalue weighted by atomic mass is 19.1. The number of anilines is 1. The minimum absolute atomic E-state index is 0.0126. The van der Waals surface area contributed by atoms with E-state index in [2.05, 4.69) is 5.32 Å². The van der Waals surface area contributed by atoms with Crippen LogP contribution in [0.4, 0.5) is 10.1 Å². The molecule has 0 unspecified atom stereocenters. The number of rotatable bonds is 7. The quantitative estimate of drug-likeness (QED) is 0.734. The van der Waals surface area contributed by atoms with Crippen LogP contribution in [0.15, 0.2) is 54.6 Å². The van der Waals surface area contributed by atoms with Crippen LogP contribution in [0.1, 0.15) is 44.0 Å². The van der Waals surface area contributed by atoms with Crippen LogP contribution in [0.3, 0.4) is 0 Å². The Labute approximate surface area is 160 Å². The Bertz CT molecular complexity index is 752. The summed E-state index contributed by atoms with van der Waals surface area (Å²) in [5.74, 6) is -0.555. The molecule has 0 saturated carbocycles. The molecule has 27 heavy (non-hydrogen) atoms. The average molecular weight is 370 g/mol. The lowest BCUT2D eigenvalue weighted by atomic mass is 9.92. The molecule has 0 saturated heterocycles. The summed E-state index contributed by atoms with van der Waals surface area (Å²) >= 11 is 0. The molecule has 0 heterocycles. The SMILES string of the molecule is CC(C)(C)CC(=O)NCCCN(C(=O)c1ccc(F)cc1)c1ccccc1. The van der Waals surface area contributed by atoms with Crippen molar-refractivity contribution in [3.8, 4) is 0 Å². The fourth-order valence-electron chi connectivity index (χ4n) is 2.71. The van der Waals surface area contributed by atoms with Crippen molar-refractivity contribution in [2.75, 3.05) is 18.0 Å². The van der Waals surface area contributed by atoms with Gasteiger partial charge in [0.25, 0.3) is 5.91 Å². The largest absolute Gasteiger partial charge is 0.356 e. The van der Waals surface area contributed by atoms with Crippen LogP contribution < -0.4 is 10.2 Å². The highest BCUT2D eigenvalue weighted by Crippen LogP contribution is 2.19. The summed E-state index contributed by atoms with van der Waals surface area (Å²) in [6, 6.07) is 14.9. The normalized spacial score (nSPS) is 11.1. The second kappa shape index (κ2) is 9.31. The molecule has 144 valence electrons. The van der Waals surface area contributed by atoms with Crippen molar-refractivity contribution in [3.05, 3.63) is 66.0 Å². The summed E-state index contributed by atoms with van der Waals surface area (Å²) in [4.78, 5) is 26.5. The lowest BCUT2D eigenvalue weighted by Gasteiger charge is -2.23. The van der Waals surface area contributed by atoms with Crippen LogP contribution in [0.5, 0.6) is 0 Å². The van der Waals surface area contributed by atoms with E-state index >= 15 is 0 Å². The van der Waals surface area contributed by atoms with Gasteiger partial charge in [0, 0.05) is 30.8 Å². The van der Waals surface area contributed by atoms with E-state index in [4.69, 9.17) is 0 Å². The van der Waals surface area contributed by atoms with Gasteiger partial charge in [-0.15, -0.1) is 0 Å². The summed E-state index contributed by atoms with van der Waals surface area (Å²) < 4.78 is 13.2. The maximum atomic E-state index is 13.2. The molecule has 0 aliphatic carbocycles. The smallest absolute Gasteiger partial charge is 0.258 e. The summed E-state index contributed by atoms with van der Waals surface area (Å²) in [5, 5.41) is 2.91. The van der Waals surface area contributed by atoms with Crippen LogP contribution >= 0.6 is 0 Å². The van der Waals surface area contributed by atoms with Gasteiger partial charge in [0.05, 0.1) is 0 Å². The first-order valence-electron chi connectivity index (χ1n) is 9.15. The van der Waals surface area contributed by atoms with Crippen molar-refractivity contribution in [1.82, 2.24) is 5.32 Å². The number of carbonyl (C=O) groups is 2. The minimum atomic E-state index is -0.376. The van der Waals surface area contributed by atoms with Crippen LogP contribution in [0, 0.1) is 11.2 Å². The highest BCUT2D eigenvalue weighted by Gasteiger charge is 2.18. The molecule has 0 atom stereocenters. The zero-order valence-electron chi connectivity index (χ0n) is 16.2. The molecule has 0 bridgehead atoms. The predicted molar refractivity (Wildman–Crippen MR) is 106 cm³/mol. The van der Waals surface area contributed by atoms with E-state index in [-0.39, 0.29) is 23.0 Å². The molecule has 0 aromatic heterocycles. The number of benzene rings is 2. The number of halogens is 1.